The maximum Gasteiger partial charge on any atom is 0.340 e. The molecule has 0 aliphatic carbocycles. The zero-order valence-electron chi connectivity index (χ0n) is 12.1. The molecule has 114 valence electrons. The Balaban J connectivity index is 2.14. The second kappa shape index (κ2) is 7.09. The van der Waals surface area contributed by atoms with Gasteiger partial charge in [0.15, 0.2) is 0 Å². The van der Waals surface area contributed by atoms with Crippen molar-refractivity contribution in [2.75, 3.05) is 12.4 Å². The van der Waals surface area contributed by atoms with Crippen molar-refractivity contribution in [1.82, 2.24) is 0 Å². The van der Waals surface area contributed by atoms with Gasteiger partial charge in [0, 0.05) is 10.5 Å². The highest BCUT2D eigenvalue weighted by molar-refractivity contribution is 9.10. The molecule has 0 saturated heterocycles. The van der Waals surface area contributed by atoms with E-state index < -0.39 is 5.97 Å². The van der Waals surface area contributed by atoms with Gasteiger partial charge in [0.05, 0.1) is 18.4 Å². The zero-order chi connectivity index (χ0) is 16.1. The van der Waals surface area contributed by atoms with E-state index >= 15 is 0 Å². The molecule has 22 heavy (non-hydrogen) atoms. The molecule has 1 aromatic carbocycles. The summed E-state index contributed by atoms with van der Waals surface area (Å²) < 4.78 is 10.7. The van der Waals surface area contributed by atoms with E-state index in [-0.39, 0.29) is 11.5 Å². The van der Waals surface area contributed by atoms with E-state index in [1.807, 2.05) is 13.0 Å². The summed E-state index contributed by atoms with van der Waals surface area (Å²) in [6, 6.07) is 8.50. The molecular weight excluding hydrogens is 350 g/mol. The van der Waals surface area contributed by atoms with Crippen LogP contribution in [0.4, 0.5) is 5.69 Å². The lowest BCUT2D eigenvalue weighted by Crippen LogP contribution is -2.13. The number of furan rings is 1. The summed E-state index contributed by atoms with van der Waals surface area (Å²) in [7, 11) is 1.29. The third kappa shape index (κ3) is 4.08. The lowest BCUT2D eigenvalue weighted by atomic mass is 10.2. The molecule has 5 nitrogen and oxygen atoms in total. The van der Waals surface area contributed by atoms with Crippen LogP contribution in [0.3, 0.4) is 0 Å². The second-order valence-electron chi connectivity index (χ2n) is 4.45. The SMILES string of the molecule is COC(=O)c1cc(Br)ccc1NC(=O)/C=C/c1ccc(C)o1. The van der Waals surface area contributed by atoms with Gasteiger partial charge >= 0.3 is 5.97 Å². The predicted molar refractivity (Wildman–Crippen MR) is 86.6 cm³/mol. The van der Waals surface area contributed by atoms with Gasteiger partial charge in [-0.3, -0.25) is 4.79 Å². The van der Waals surface area contributed by atoms with Crippen molar-refractivity contribution < 1.29 is 18.7 Å². The fourth-order valence-corrected chi connectivity index (χ4v) is 2.14. The van der Waals surface area contributed by atoms with Crippen LogP contribution in [-0.2, 0) is 9.53 Å². The van der Waals surface area contributed by atoms with Gasteiger partial charge in [-0.15, -0.1) is 0 Å². The molecular formula is C16H14BrNO4. The number of anilines is 1. The van der Waals surface area contributed by atoms with Gasteiger partial charge < -0.3 is 14.5 Å². The van der Waals surface area contributed by atoms with Gasteiger partial charge in [-0.05, 0) is 43.3 Å². The third-order valence-corrected chi connectivity index (χ3v) is 3.30. The Labute approximate surface area is 136 Å². The molecule has 0 radical (unpaired) electrons. The van der Waals surface area contributed by atoms with E-state index in [0.29, 0.717) is 15.9 Å². The Kier molecular flexibility index (Phi) is 5.16. The highest BCUT2D eigenvalue weighted by atomic mass is 79.9. The summed E-state index contributed by atoms with van der Waals surface area (Å²) in [6.07, 6.45) is 2.89. The van der Waals surface area contributed by atoms with Gasteiger partial charge in [0.2, 0.25) is 5.91 Å². The summed E-state index contributed by atoms with van der Waals surface area (Å²) in [6.45, 7) is 1.82. The van der Waals surface area contributed by atoms with Gasteiger partial charge in [0.1, 0.15) is 11.5 Å². The molecule has 0 aliphatic heterocycles. The highest BCUT2D eigenvalue weighted by Gasteiger charge is 2.13. The van der Waals surface area contributed by atoms with E-state index in [0.717, 1.165) is 5.76 Å². The number of hydrogen-bond donors (Lipinski definition) is 1. The maximum atomic E-state index is 11.9. The average Bonchev–Trinajstić information content (AvgIpc) is 2.92. The number of hydrogen-bond acceptors (Lipinski definition) is 4. The molecule has 0 spiro atoms. The van der Waals surface area contributed by atoms with Gasteiger partial charge in [-0.2, -0.15) is 0 Å². The van der Waals surface area contributed by atoms with E-state index in [9.17, 15) is 9.59 Å². The van der Waals surface area contributed by atoms with Crippen LogP contribution in [0, 0.1) is 6.92 Å². The van der Waals surface area contributed by atoms with Crippen molar-refractivity contribution in [2.24, 2.45) is 0 Å². The number of aryl methyl sites for hydroxylation is 1. The number of amides is 1. The molecule has 1 amide bonds. The Bertz CT molecular complexity index is 733. The minimum atomic E-state index is -0.526. The first-order valence-electron chi connectivity index (χ1n) is 6.43. The molecule has 0 atom stereocenters. The predicted octanol–water partition coefficient (Wildman–Crippen LogP) is 3.79. The smallest absolute Gasteiger partial charge is 0.340 e. The number of esters is 1. The quantitative estimate of drug-likeness (QED) is 0.662. The Hall–Kier alpha value is -2.34. The number of nitrogens with one attached hydrogen (secondary N) is 1. The molecule has 0 fully saturated rings. The maximum absolute atomic E-state index is 11.9. The molecule has 2 aromatic rings. The summed E-state index contributed by atoms with van der Waals surface area (Å²) >= 11 is 3.28. The molecule has 0 bridgehead atoms. The van der Waals surface area contributed by atoms with E-state index in [2.05, 4.69) is 21.2 Å². The third-order valence-electron chi connectivity index (χ3n) is 2.80. The minimum absolute atomic E-state index is 0.271. The summed E-state index contributed by atoms with van der Waals surface area (Å²) in [4.78, 5) is 23.7. The number of carbonyl (C=O) groups is 2. The minimum Gasteiger partial charge on any atom is -0.465 e. The molecule has 0 unspecified atom stereocenters. The number of halogens is 1. The fourth-order valence-electron chi connectivity index (χ4n) is 1.78. The van der Waals surface area contributed by atoms with Crippen LogP contribution < -0.4 is 5.32 Å². The summed E-state index contributed by atoms with van der Waals surface area (Å²) in [5.74, 6) is 0.446. The molecule has 1 N–H and O–H groups in total. The van der Waals surface area contributed by atoms with E-state index in [1.165, 1.54) is 13.2 Å². The largest absolute Gasteiger partial charge is 0.465 e. The van der Waals surface area contributed by atoms with Gasteiger partial charge in [0.25, 0.3) is 0 Å². The van der Waals surface area contributed by atoms with Gasteiger partial charge in [-0.25, -0.2) is 4.79 Å². The van der Waals surface area contributed by atoms with Crippen LogP contribution in [0.2, 0.25) is 0 Å². The van der Waals surface area contributed by atoms with Crippen LogP contribution in [0.25, 0.3) is 6.08 Å². The number of benzene rings is 1. The van der Waals surface area contributed by atoms with Crippen molar-refractivity contribution >= 4 is 39.6 Å². The van der Waals surface area contributed by atoms with Crippen LogP contribution in [0.1, 0.15) is 21.9 Å². The first-order chi connectivity index (χ1) is 10.5. The number of methoxy groups -OCH3 is 1. The average molecular weight is 364 g/mol. The summed E-state index contributed by atoms with van der Waals surface area (Å²) in [5, 5.41) is 2.64. The molecule has 1 heterocycles. The molecule has 6 heteroatoms. The lowest BCUT2D eigenvalue weighted by molar-refractivity contribution is -0.111. The van der Waals surface area contributed by atoms with Crippen LogP contribution >= 0.6 is 15.9 Å². The standard InChI is InChI=1S/C16H14BrNO4/c1-10-3-5-12(22-10)6-8-15(19)18-14-7-4-11(17)9-13(14)16(20)21-2/h3-9H,1-2H3,(H,18,19)/b8-6+. The Morgan fingerprint density at radius 3 is 2.68 bits per heavy atom. The second-order valence-corrected chi connectivity index (χ2v) is 5.37. The van der Waals surface area contributed by atoms with Crippen molar-refractivity contribution in [1.29, 1.82) is 0 Å². The van der Waals surface area contributed by atoms with Crippen molar-refractivity contribution in [3.63, 3.8) is 0 Å². The van der Waals surface area contributed by atoms with Crippen LogP contribution in [-0.4, -0.2) is 19.0 Å². The van der Waals surface area contributed by atoms with Crippen molar-refractivity contribution in [3.8, 4) is 0 Å². The van der Waals surface area contributed by atoms with Crippen LogP contribution in [0.5, 0.6) is 0 Å². The first kappa shape index (κ1) is 16.0. The zero-order valence-corrected chi connectivity index (χ0v) is 13.6. The van der Waals surface area contributed by atoms with E-state index in [4.69, 9.17) is 9.15 Å². The fraction of sp³-hybridized carbons (Fsp3) is 0.125. The molecule has 0 saturated carbocycles. The summed E-state index contributed by atoms with van der Waals surface area (Å²) in [5.41, 5.74) is 0.646. The Morgan fingerprint density at radius 1 is 1.27 bits per heavy atom. The normalized spacial score (nSPS) is 10.7. The number of rotatable bonds is 4. The Morgan fingerprint density at radius 2 is 2.05 bits per heavy atom. The molecule has 0 aliphatic rings. The van der Waals surface area contributed by atoms with Crippen molar-refractivity contribution in [3.05, 3.63) is 58.0 Å². The number of ether oxygens (including phenoxy) is 1. The topological polar surface area (TPSA) is 68.5 Å². The molecule has 1 aromatic heterocycles. The lowest BCUT2D eigenvalue weighted by Gasteiger charge is -2.08. The van der Waals surface area contributed by atoms with E-state index in [1.54, 1.807) is 30.3 Å². The monoisotopic (exact) mass is 363 g/mol. The van der Waals surface area contributed by atoms with Crippen molar-refractivity contribution in [2.45, 2.75) is 6.92 Å². The molecule has 2 rings (SSSR count). The number of carbonyl (C=O) groups excluding carboxylic acids is 2. The van der Waals surface area contributed by atoms with Gasteiger partial charge in [-0.1, -0.05) is 15.9 Å². The van der Waals surface area contributed by atoms with Crippen LogP contribution in [0.15, 0.2) is 45.3 Å². The first-order valence-corrected chi connectivity index (χ1v) is 7.22. The highest BCUT2D eigenvalue weighted by Crippen LogP contribution is 2.22.